The van der Waals surface area contributed by atoms with Gasteiger partial charge < -0.3 is 5.32 Å². The summed E-state index contributed by atoms with van der Waals surface area (Å²) < 4.78 is 26.8. The molecule has 1 aliphatic carbocycles. The van der Waals surface area contributed by atoms with Gasteiger partial charge in [-0.25, -0.2) is 8.78 Å². The Bertz CT molecular complexity index is 322. The molecule has 3 heteroatoms. The summed E-state index contributed by atoms with van der Waals surface area (Å²) >= 11 is 0. The highest BCUT2D eigenvalue weighted by Gasteiger charge is 2.36. The number of nitrogens with one attached hydrogen (secondary N) is 1. The summed E-state index contributed by atoms with van der Waals surface area (Å²) in [6, 6.07) is 0. The fraction of sp³-hybridized carbons (Fsp3) is 0.882. The number of piperidine rings is 1. The predicted molar refractivity (Wildman–Crippen MR) is 80.1 cm³/mol. The van der Waals surface area contributed by atoms with Crippen molar-refractivity contribution >= 4 is 0 Å². The first-order valence-electron chi connectivity index (χ1n) is 8.20. The number of rotatable bonds is 5. The first-order valence-corrected chi connectivity index (χ1v) is 8.20. The van der Waals surface area contributed by atoms with Crippen molar-refractivity contribution in [2.45, 2.75) is 70.6 Å². The highest BCUT2D eigenvalue weighted by Crippen LogP contribution is 2.46. The number of halogens is 2. The largest absolute Gasteiger partial charge is 0.317 e. The Morgan fingerprint density at radius 2 is 1.80 bits per heavy atom. The molecule has 1 N–H and O–H groups in total. The Kier molecular flexibility index (Phi) is 5.22. The molecule has 0 radical (unpaired) electrons. The average Bonchev–Trinajstić information content (AvgIpc) is 2.42. The zero-order valence-corrected chi connectivity index (χ0v) is 12.8. The van der Waals surface area contributed by atoms with Crippen LogP contribution in [0.4, 0.5) is 8.78 Å². The molecule has 20 heavy (non-hydrogen) atoms. The third-order valence-corrected chi connectivity index (χ3v) is 5.43. The third kappa shape index (κ3) is 4.28. The lowest BCUT2D eigenvalue weighted by molar-refractivity contribution is -0.00366. The van der Waals surface area contributed by atoms with Crippen LogP contribution in [0.1, 0.15) is 64.7 Å². The summed E-state index contributed by atoms with van der Waals surface area (Å²) in [4.78, 5) is 0. The summed E-state index contributed by atoms with van der Waals surface area (Å²) in [7, 11) is 0. The molecule has 116 valence electrons. The van der Waals surface area contributed by atoms with Crippen molar-refractivity contribution in [2.75, 3.05) is 13.1 Å². The number of hydrogen-bond acceptors (Lipinski definition) is 1. The van der Waals surface area contributed by atoms with Crippen LogP contribution in [-0.2, 0) is 0 Å². The molecular formula is C17H29F2N. The van der Waals surface area contributed by atoms with Crippen LogP contribution in [0.2, 0.25) is 0 Å². The van der Waals surface area contributed by atoms with Crippen molar-refractivity contribution in [1.29, 1.82) is 0 Å². The van der Waals surface area contributed by atoms with Gasteiger partial charge in [0.05, 0.1) is 0 Å². The maximum absolute atomic E-state index is 13.4. The van der Waals surface area contributed by atoms with E-state index in [0.29, 0.717) is 11.3 Å². The molecule has 1 heterocycles. The van der Waals surface area contributed by atoms with Gasteiger partial charge in [-0.2, -0.15) is 0 Å². The Morgan fingerprint density at radius 1 is 1.20 bits per heavy atom. The number of allylic oxidation sites excluding steroid dienone is 1. The van der Waals surface area contributed by atoms with Crippen LogP contribution in [0, 0.1) is 11.3 Å². The summed E-state index contributed by atoms with van der Waals surface area (Å²) in [5, 5.41) is 3.43. The maximum atomic E-state index is 13.4. The topological polar surface area (TPSA) is 12.0 Å². The molecule has 0 aromatic rings. The van der Waals surface area contributed by atoms with Gasteiger partial charge in [0.15, 0.2) is 0 Å². The van der Waals surface area contributed by atoms with Gasteiger partial charge in [0.2, 0.25) is 0 Å². The number of alkyl halides is 2. The third-order valence-electron chi connectivity index (χ3n) is 5.43. The van der Waals surface area contributed by atoms with Gasteiger partial charge in [-0.3, -0.25) is 0 Å². The molecule has 2 rings (SSSR count). The van der Waals surface area contributed by atoms with Crippen LogP contribution in [0.25, 0.3) is 0 Å². The molecular weight excluding hydrogens is 256 g/mol. The molecule has 2 fully saturated rings. The van der Waals surface area contributed by atoms with Crippen LogP contribution in [0.3, 0.4) is 0 Å². The summed E-state index contributed by atoms with van der Waals surface area (Å²) in [5.41, 5.74) is 1.32. The van der Waals surface area contributed by atoms with Crippen LogP contribution in [0.5, 0.6) is 0 Å². The van der Waals surface area contributed by atoms with E-state index < -0.39 is 5.92 Å². The molecule has 1 spiro atoms. The molecule has 1 nitrogen and oxygen atoms in total. The second-order valence-corrected chi connectivity index (χ2v) is 7.03. The normalized spacial score (nSPS) is 23.9. The van der Waals surface area contributed by atoms with Crippen molar-refractivity contribution in [1.82, 2.24) is 5.32 Å². The predicted octanol–water partition coefficient (Wildman–Crippen LogP) is 4.93. The highest BCUT2D eigenvalue weighted by molar-refractivity contribution is 5.01. The van der Waals surface area contributed by atoms with Gasteiger partial charge >= 0.3 is 0 Å². The highest BCUT2D eigenvalue weighted by atomic mass is 19.3. The minimum absolute atomic E-state index is 0.0766. The van der Waals surface area contributed by atoms with E-state index in [4.69, 9.17) is 0 Å². The average molecular weight is 285 g/mol. The summed E-state index contributed by atoms with van der Waals surface area (Å²) in [6.45, 7) is 7.75. The van der Waals surface area contributed by atoms with E-state index in [2.05, 4.69) is 11.9 Å². The van der Waals surface area contributed by atoms with Crippen molar-refractivity contribution in [2.24, 2.45) is 11.3 Å². The van der Waals surface area contributed by atoms with Crippen LogP contribution < -0.4 is 5.32 Å². The van der Waals surface area contributed by atoms with Gasteiger partial charge in [-0.05, 0) is 69.4 Å². The van der Waals surface area contributed by atoms with E-state index in [1.165, 1.54) is 38.5 Å². The van der Waals surface area contributed by atoms with Crippen molar-refractivity contribution in [3.05, 3.63) is 12.2 Å². The lowest BCUT2D eigenvalue weighted by Crippen LogP contribution is -2.39. The van der Waals surface area contributed by atoms with Crippen LogP contribution in [-0.4, -0.2) is 19.0 Å². The van der Waals surface area contributed by atoms with Crippen LogP contribution in [0.15, 0.2) is 12.2 Å². The molecule has 0 atom stereocenters. The van der Waals surface area contributed by atoms with Crippen molar-refractivity contribution < 1.29 is 8.78 Å². The van der Waals surface area contributed by atoms with Crippen LogP contribution >= 0.6 is 0 Å². The Balaban J connectivity index is 1.75. The van der Waals surface area contributed by atoms with E-state index >= 15 is 0 Å². The van der Waals surface area contributed by atoms with E-state index in [-0.39, 0.29) is 12.8 Å². The van der Waals surface area contributed by atoms with E-state index in [9.17, 15) is 8.78 Å². The quantitative estimate of drug-likeness (QED) is 0.706. The zero-order chi connectivity index (χ0) is 14.6. The zero-order valence-electron chi connectivity index (χ0n) is 12.8. The molecule has 0 amide bonds. The Hall–Kier alpha value is -0.440. The minimum atomic E-state index is -2.55. The summed E-state index contributed by atoms with van der Waals surface area (Å²) in [5.74, 6) is -1.96. The molecule has 2 aliphatic rings. The Labute approximate surface area is 122 Å². The van der Waals surface area contributed by atoms with Gasteiger partial charge in [0.1, 0.15) is 0 Å². The second kappa shape index (κ2) is 6.55. The van der Waals surface area contributed by atoms with Gasteiger partial charge in [-0.1, -0.05) is 19.1 Å². The molecule has 1 aliphatic heterocycles. The lowest BCUT2D eigenvalue weighted by atomic mass is 9.65. The van der Waals surface area contributed by atoms with Crippen molar-refractivity contribution in [3.8, 4) is 0 Å². The standard InChI is InChI=1S/C17H29F2N/c1-3-17(18,19)13-14(2)12-15-4-6-16(7-5-15)8-10-20-11-9-16/h15,20H,2-13H2,1H3. The first kappa shape index (κ1) is 15.9. The molecule has 0 aromatic carbocycles. The maximum Gasteiger partial charge on any atom is 0.251 e. The molecule has 0 bridgehead atoms. The first-order chi connectivity index (χ1) is 9.45. The smallest absolute Gasteiger partial charge is 0.251 e. The van der Waals surface area contributed by atoms with E-state index in [1.807, 2.05) is 0 Å². The molecule has 0 unspecified atom stereocenters. The van der Waals surface area contributed by atoms with Crippen molar-refractivity contribution in [3.63, 3.8) is 0 Å². The second-order valence-electron chi connectivity index (χ2n) is 7.03. The fourth-order valence-corrected chi connectivity index (χ4v) is 3.92. The minimum Gasteiger partial charge on any atom is -0.317 e. The SMILES string of the molecule is C=C(CC1CCC2(CCNCC2)CC1)CC(F)(F)CC. The monoisotopic (exact) mass is 285 g/mol. The van der Waals surface area contributed by atoms with Gasteiger partial charge in [-0.15, -0.1) is 0 Å². The lowest BCUT2D eigenvalue weighted by Gasteiger charge is -2.43. The van der Waals surface area contributed by atoms with E-state index in [1.54, 1.807) is 6.92 Å². The fourth-order valence-electron chi connectivity index (χ4n) is 3.92. The number of hydrogen-bond donors (Lipinski definition) is 1. The van der Waals surface area contributed by atoms with E-state index in [0.717, 1.165) is 25.1 Å². The Morgan fingerprint density at radius 3 is 2.35 bits per heavy atom. The molecule has 1 saturated heterocycles. The summed E-state index contributed by atoms with van der Waals surface area (Å²) in [6.07, 6.45) is 8.20. The molecule has 0 aromatic heterocycles. The molecule has 1 saturated carbocycles. The van der Waals surface area contributed by atoms with Gasteiger partial charge in [0, 0.05) is 12.8 Å². The van der Waals surface area contributed by atoms with Gasteiger partial charge in [0.25, 0.3) is 5.92 Å².